The van der Waals surface area contributed by atoms with Crippen LogP contribution in [-0.4, -0.2) is 30.3 Å². The van der Waals surface area contributed by atoms with E-state index in [4.69, 9.17) is 5.26 Å². The smallest absolute Gasteiger partial charge is 0.264 e. The molecule has 0 bridgehead atoms. The second-order valence-electron chi connectivity index (χ2n) is 6.25. The Labute approximate surface area is 147 Å². The van der Waals surface area contributed by atoms with Gasteiger partial charge in [-0.1, -0.05) is 30.4 Å². The van der Waals surface area contributed by atoms with Crippen LogP contribution in [0, 0.1) is 11.3 Å². The van der Waals surface area contributed by atoms with Gasteiger partial charge in [0, 0.05) is 24.4 Å². The lowest BCUT2D eigenvalue weighted by atomic mass is 9.96. The van der Waals surface area contributed by atoms with Gasteiger partial charge in [0.2, 0.25) is 0 Å². The van der Waals surface area contributed by atoms with Crippen LogP contribution in [-0.2, 0) is 4.79 Å². The number of rotatable bonds is 3. The molecule has 1 saturated heterocycles. The van der Waals surface area contributed by atoms with Crippen molar-refractivity contribution in [3.05, 3.63) is 58.7 Å². The molecule has 1 atom stereocenters. The first-order chi connectivity index (χ1) is 12.1. The first kappa shape index (κ1) is 17.0. The van der Waals surface area contributed by atoms with Crippen molar-refractivity contribution in [2.24, 2.45) is 0 Å². The van der Waals surface area contributed by atoms with Gasteiger partial charge in [0.05, 0.1) is 0 Å². The highest BCUT2D eigenvalue weighted by Gasteiger charge is 2.27. The standard InChI is InChI=1S/C20H21N3O2/c1-14-17(19(24)22-20(25)18(14)13-21)6-4-5-15-7-9-16(10-8-15)23-11-2-3-12-23/h4-10,19,24H,2-3,11-12H2,1H3,(H,22,25)/b5-4+,17-6-. The summed E-state index contributed by atoms with van der Waals surface area (Å²) in [6, 6.07) is 10.2. The summed E-state index contributed by atoms with van der Waals surface area (Å²) in [6.07, 6.45) is 6.90. The van der Waals surface area contributed by atoms with Crippen LogP contribution >= 0.6 is 0 Å². The SMILES string of the molecule is CC1=C(C#N)C(=O)NC(O)/C1=C\C=C\c1ccc(N2CCCC2)cc1. The predicted octanol–water partition coefficient (Wildman–Crippen LogP) is 2.51. The van der Waals surface area contributed by atoms with Gasteiger partial charge in [-0.2, -0.15) is 5.26 Å². The molecule has 1 aromatic carbocycles. The molecular weight excluding hydrogens is 314 g/mol. The Hall–Kier alpha value is -2.84. The van der Waals surface area contributed by atoms with Crippen LogP contribution in [0.3, 0.4) is 0 Å². The van der Waals surface area contributed by atoms with Gasteiger partial charge in [-0.15, -0.1) is 0 Å². The number of hydrogen-bond acceptors (Lipinski definition) is 4. The molecule has 1 aromatic rings. The monoisotopic (exact) mass is 335 g/mol. The van der Waals surface area contributed by atoms with E-state index in [0.29, 0.717) is 11.1 Å². The molecule has 0 saturated carbocycles. The molecule has 2 aliphatic heterocycles. The van der Waals surface area contributed by atoms with Crippen molar-refractivity contribution in [3.63, 3.8) is 0 Å². The van der Waals surface area contributed by atoms with Gasteiger partial charge < -0.3 is 15.3 Å². The van der Waals surface area contributed by atoms with Crippen LogP contribution in [0.2, 0.25) is 0 Å². The van der Waals surface area contributed by atoms with Crippen LogP contribution in [0.5, 0.6) is 0 Å². The first-order valence-corrected chi connectivity index (χ1v) is 8.43. The summed E-state index contributed by atoms with van der Waals surface area (Å²) in [7, 11) is 0. The molecule has 1 amide bonds. The van der Waals surface area contributed by atoms with Gasteiger partial charge in [-0.05, 0) is 43.0 Å². The number of anilines is 1. The summed E-state index contributed by atoms with van der Waals surface area (Å²) >= 11 is 0. The Bertz CT molecular complexity index is 791. The van der Waals surface area contributed by atoms with Gasteiger partial charge in [-0.25, -0.2) is 0 Å². The molecule has 0 aliphatic carbocycles. The van der Waals surface area contributed by atoms with Crippen LogP contribution in [0.15, 0.2) is 53.1 Å². The maximum absolute atomic E-state index is 11.6. The van der Waals surface area contributed by atoms with Crippen molar-refractivity contribution in [1.82, 2.24) is 5.32 Å². The lowest BCUT2D eigenvalue weighted by Gasteiger charge is -2.22. The Balaban J connectivity index is 1.75. The van der Waals surface area contributed by atoms with E-state index in [1.807, 2.05) is 18.2 Å². The zero-order valence-corrected chi connectivity index (χ0v) is 14.2. The highest BCUT2D eigenvalue weighted by atomic mass is 16.3. The number of allylic oxidation sites excluding steroid dienone is 2. The van der Waals surface area contributed by atoms with Crippen molar-refractivity contribution in [2.45, 2.75) is 26.0 Å². The number of nitrogens with zero attached hydrogens (tertiary/aromatic N) is 2. The third kappa shape index (κ3) is 3.65. The fourth-order valence-electron chi connectivity index (χ4n) is 3.18. The molecule has 2 aliphatic rings. The maximum atomic E-state index is 11.6. The van der Waals surface area contributed by atoms with E-state index >= 15 is 0 Å². The van der Waals surface area contributed by atoms with Crippen molar-refractivity contribution in [3.8, 4) is 6.07 Å². The molecule has 5 heteroatoms. The Morgan fingerprint density at radius 3 is 2.60 bits per heavy atom. The quantitative estimate of drug-likeness (QED) is 0.890. The minimum atomic E-state index is -1.09. The second kappa shape index (κ2) is 7.37. The van der Waals surface area contributed by atoms with E-state index < -0.39 is 12.1 Å². The normalized spacial score (nSPS) is 22.6. The van der Waals surface area contributed by atoms with E-state index in [0.717, 1.165) is 18.7 Å². The molecule has 2 heterocycles. The highest BCUT2D eigenvalue weighted by Crippen LogP contribution is 2.23. The van der Waals surface area contributed by atoms with E-state index in [1.165, 1.54) is 18.5 Å². The number of nitriles is 1. The summed E-state index contributed by atoms with van der Waals surface area (Å²) in [4.78, 5) is 14.0. The van der Waals surface area contributed by atoms with Gasteiger partial charge in [0.25, 0.3) is 5.91 Å². The number of nitrogens with one attached hydrogen (secondary N) is 1. The van der Waals surface area contributed by atoms with E-state index in [-0.39, 0.29) is 5.57 Å². The fraction of sp³-hybridized carbons (Fsp3) is 0.300. The molecule has 5 nitrogen and oxygen atoms in total. The zero-order valence-electron chi connectivity index (χ0n) is 14.2. The molecule has 3 rings (SSSR count). The summed E-state index contributed by atoms with van der Waals surface area (Å²) in [6.45, 7) is 3.92. The Morgan fingerprint density at radius 2 is 1.96 bits per heavy atom. The molecule has 128 valence electrons. The van der Waals surface area contributed by atoms with Crippen LogP contribution in [0.1, 0.15) is 25.3 Å². The van der Waals surface area contributed by atoms with Crippen molar-refractivity contribution >= 4 is 17.7 Å². The second-order valence-corrected chi connectivity index (χ2v) is 6.25. The lowest BCUT2D eigenvalue weighted by molar-refractivity contribution is -0.119. The van der Waals surface area contributed by atoms with Gasteiger partial charge >= 0.3 is 0 Å². The van der Waals surface area contributed by atoms with Crippen molar-refractivity contribution in [1.29, 1.82) is 5.26 Å². The van der Waals surface area contributed by atoms with Crippen molar-refractivity contribution < 1.29 is 9.90 Å². The molecule has 25 heavy (non-hydrogen) atoms. The van der Waals surface area contributed by atoms with E-state index in [9.17, 15) is 9.90 Å². The number of aliphatic hydroxyl groups is 1. The number of hydrogen-bond donors (Lipinski definition) is 2. The van der Waals surface area contributed by atoms with Crippen LogP contribution < -0.4 is 10.2 Å². The minimum Gasteiger partial charge on any atom is -0.372 e. The van der Waals surface area contributed by atoms with Gasteiger partial charge in [0.1, 0.15) is 11.6 Å². The van der Waals surface area contributed by atoms with E-state index in [2.05, 4.69) is 34.5 Å². The fourth-order valence-corrected chi connectivity index (χ4v) is 3.18. The number of amides is 1. The van der Waals surface area contributed by atoms with Crippen LogP contribution in [0.4, 0.5) is 5.69 Å². The number of aliphatic hydroxyl groups excluding tert-OH is 1. The predicted molar refractivity (Wildman–Crippen MR) is 97.5 cm³/mol. The largest absolute Gasteiger partial charge is 0.372 e. The molecule has 0 radical (unpaired) electrons. The van der Waals surface area contributed by atoms with Gasteiger partial charge in [0.15, 0.2) is 6.23 Å². The average molecular weight is 335 g/mol. The number of benzene rings is 1. The molecular formula is C20H21N3O2. The van der Waals surface area contributed by atoms with Gasteiger partial charge in [-0.3, -0.25) is 4.79 Å². The third-order valence-corrected chi connectivity index (χ3v) is 4.64. The number of carbonyl (C=O) groups excluding carboxylic acids is 1. The first-order valence-electron chi connectivity index (χ1n) is 8.43. The minimum absolute atomic E-state index is 0.0416. The zero-order chi connectivity index (χ0) is 17.8. The maximum Gasteiger partial charge on any atom is 0.264 e. The Kier molecular flexibility index (Phi) is 5.01. The third-order valence-electron chi connectivity index (χ3n) is 4.64. The van der Waals surface area contributed by atoms with Crippen molar-refractivity contribution in [2.75, 3.05) is 18.0 Å². The summed E-state index contributed by atoms with van der Waals surface area (Å²) in [5.41, 5.74) is 3.38. The molecule has 1 unspecified atom stereocenters. The summed E-state index contributed by atoms with van der Waals surface area (Å²) in [5.74, 6) is -0.536. The average Bonchev–Trinajstić information content (AvgIpc) is 3.13. The molecule has 1 fully saturated rings. The van der Waals surface area contributed by atoms with E-state index in [1.54, 1.807) is 13.0 Å². The number of carbonyl (C=O) groups is 1. The molecule has 0 aromatic heterocycles. The Morgan fingerprint density at radius 1 is 1.28 bits per heavy atom. The molecule has 2 N–H and O–H groups in total. The van der Waals surface area contributed by atoms with Crippen LogP contribution in [0.25, 0.3) is 6.08 Å². The topological polar surface area (TPSA) is 76.4 Å². The highest BCUT2D eigenvalue weighted by molar-refractivity contribution is 6.00. The summed E-state index contributed by atoms with van der Waals surface area (Å²) in [5, 5.41) is 21.4. The molecule has 0 spiro atoms. The summed E-state index contributed by atoms with van der Waals surface area (Å²) < 4.78 is 0. The lowest BCUT2D eigenvalue weighted by Crippen LogP contribution is -2.41.